The van der Waals surface area contributed by atoms with Gasteiger partial charge < -0.3 is 5.32 Å². The third-order valence-corrected chi connectivity index (χ3v) is 4.86. The minimum absolute atomic E-state index is 0.342. The summed E-state index contributed by atoms with van der Waals surface area (Å²) in [5.41, 5.74) is 2.85. The van der Waals surface area contributed by atoms with Gasteiger partial charge in [-0.3, -0.25) is 9.58 Å². The highest BCUT2D eigenvalue weighted by Crippen LogP contribution is 2.43. The van der Waals surface area contributed by atoms with E-state index in [9.17, 15) is 0 Å². The van der Waals surface area contributed by atoms with Crippen LogP contribution in [0.2, 0.25) is 0 Å². The van der Waals surface area contributed by atoms with Crippen molar-refractivity contribution in [3.8, 4) is 0 Å². The molecule has 2 aliphatic rings. The molecule has 1 saturated carbocycles. The average molecular weight is 262 g/mol. The molecule has 0 radical (unpaired) electrons. The summed E-state index contributed by atoms with van der Waals surface area (Å²) >= 11 is 0. The lowest BCUT2D eigenvalue weighted by molar-refractivity contribution is 0.0461. The molecule has 1 saturated heterocycles. The van der Waals surface area contributed by atoms with Gasteiger partial charge in [-0.05, 0) is 45.6 Å². The highest BCUT2D eigenvalue weighted by Gasteiger charge is 2.46. The maximum absolute atomic E-state index is 4.58. The summed E-state index contributed by atoms with van der Waals surface area (Å²) in [7, 11) is 0. The van der Waals surface area contributed by atoms with Crippen LogP contribution in [0.15, 0.2) is 6.07 Å². The first kappa shape index (κ1) is 13.1. The van der Waals surface area contributed by atoms with E-state index in [2.05, 4.69) is 46.8 Å². The van der Waals surface area contributed by atoms with Crippen molar-refractivity contribution in [2.24, 2.45) is 5.92 Å². The number of aryl methyl sites for hydroxylation is 2. The van der Waals surface area contributed by atoms with E-state index in [1.807, 2.05) is 0 Å². The molecule has 0 bridgehead atoms. The molecule has 1 aliphatic heterocycles. The van der Waals surface area contributed by atoms with Gasteiger partial charge in [0.05, 0.1) is 11.4 Å². The Hall–Kier alpha value is -0.870. The second-order valence-corrected chi connectivity index (χ2v) is 6.32. The molecule has 106 valence electrons. The quantitative estimate of drug-likeness (QED) is 0.898. The van der Waals surface area contributed by atoms with E-state index in [-0.39, 0.29) is 0 Å². The van der Waals surface area contributed by atoms with Crippen molar-refractivity contribution >= 4 is 0 Å². The summed E-state index contributed by atoms with van der Waals surface area (Å²) in [6.45, 7) is 12.1. The zero-order chi connectivity index (χ0) is 13.5. The average Bonchev–Trinajstić information content (AvgIpc) is 3.18. The third-order valence-electron chi connectivity index (χ3n) is 4.86. The van der Waals surface area contributed by atoms with E-state index in [0.29, 0.717) is 5.54 Å². The van der Waals surface area contributed by atoms with E-state index in [1.54, 1.807) is 0 Å². The number of rotatable bonds is 4. The van der Waals surface area contributed by atoms with Crippen molar-refractivity contribution in [1.29, 1.82) is 0 Å². The molecule has 0 spiro atoms. The maximum atomic E-state index is 4.58. The van der Waals surface area contributed by atoms with Gasteiger partial charge in [0.2, 0.25) is 0 Å². The largest absolute Gasteiger partial charge is 0.314 e. The summed E-state index contributed by atoms with van der Waals surface area (Å²) in [5.74, 6) is 0.888. The Morgan fingerprint density at radius 3 is 2.95 bits per heavy atom. The molecule has 2 fully saturated rings. The Kier molecular flexibility index (Phi) is 3.39. The summed E-state index contributed by atoms with van der Waals surface area (Å²) in [4.78, 5) is 2.68. The van der Waals surface area contributed by atoms with E-state index in [1.165, 1.54) is 18.5 Å². The zero-order valence-corrected chi connectivity index (χ0v) is 12.4. The second kappa shape index (κ2) is 4.91. The molecule has 1 aliphatic carbocycles. The van der Waals surface area contributed by atoms with E-state index < -0.39 is 0 Å². The third kappa shape index (κ3) is 2.43. The first-order valence-corrected chi connectivity index (χ1v) is 7.62. The molecular formula is C15H26N4. The van der Waals surface area contributed by atoms with Gasteiger partial charge in [0.1, 0.15) is 0 Å². The SMILES string of the molecule is CCn1nc(C)cc1CN1CCNCC1(C)C1CC1. The first-order chi connectivity index (χ1) is 9.13. The number of nitrogens with zero attached hydrogens (tertiary/aromatic N) is 3. The number of hydrogen-bond acceptors (Lipinski definition) is 3. The topological polar surface area (TPSA) is 33.1 Å². The van der Waals surface area contributed by atoms with Crippen LogP contribution >= 0.6 is 0 Å². The minimum Gasteiger partial charge on any atom is -0.314 e. The van der Waals surface area contributed by atoms with Gasteiger partial charge in [-0.15, -0.1) is 0 Å². The van der Waals surface area contributed by atoms with Gasteiger partial charge in [-0.2, -0.15) is 5.10 Å². The van der Waals surface area contributed by atoms with Crippen LogP contribution in [0.5, 0.6) is 0 Å². The monoisotopic (exact) mass is 262 g/mol. The summed E-state index contributed by atoms with van der Waals surface area (Å²) < 4.78 is 2.16. The van der Waals surface area contributed by atoms with Crippen LogP contribution in [0.4, 0.5) is 0 Å². The molecule has 0 aromatic carbocycles. The van der Waals surface area contributed by atoms with Gasteiger partial charge in [-0.1, -0.05) is 0 Å². The summed E-state index contributed by atoms with van der Waals surface area (Å²) in [6, 6.07) is 2.25. The Bertz CT molecular complexity index is 449. The molecule has 19 heavy (non-hydrogen) atoms. The van der Waals surface area contributed by atoms with E-state index >= 15 is 0 Å². The fraction of sp³-hybridized carbons (Fsp3) is 0.800. The van der Waals surface area contributed by atoms with Crippen molar-refractivity contribution in [2.45, 2.75) is 52.2 Å². The predicted octanol–water partition coefficient (Wildman–Crippen LogP) is 1.79. The van der Waals surface area contributed by atoms with Crippen LogP contribution in [0, 0.1) is 12.8 Å². The molecule has 4 heteroatoms. The highest BCUT2D eigenvalue weighted by molar-refractivity contribution is 5.11. The Balaban J connectivity index is 1.79. The van der Waals surface area contributed by atoms with E-state index in [0.717, 1.165) is 44.3 Å². The van der Waals surface area contributed by atoms with Crippen molar-refractivity contribution in [3.63, 3.8) is 0 Å². The number of aromatic nitrogens is 2. The van der Waals surface area contributed by atoms with Crippen molar-refractivity contribution in [3.05, 3.63) is 17.5 Å². The number of hydrogen-bond donors (Lipinski definition) is 1. The fourth-order valence-electron chi connectivity index (χ4n) is 3.49. The van der Waals surface area contributed by atoms with Gasteiger partial charge in [0.25, 0.3) is 0 Å². The Morgan fingerprint density at radius 1 is 1.47 bits per heavy atom. The molecule has 2 heterocycles. The Labute approximate surface area is 116 Å². The van der Waals surface area contributed by atoms with Gasteiger partial charge >= 0.3 is 0 Å². The lowest BCUT2D eigenvalue weighted by atomic mass is 9.91. The predicted molar refractivity (Wildman–Crippen MR) is 77.0 cm³/mol. The second-order valence-electron chi connectivity index (χ2n) is 6.32. The first-order valence-electron chi connectivity index (χ1n) is 7.62. The van der Waals surface area contributed by atoms with Gasteiger partial charge in [0.15, 0.2) is 0 Å². The van der Waals surface area contributed by atoms with E-state index in [4.69, 9.17) is 0 Å². The van der Waals surface area contributed by atoms with Crippen LogP contribution in [0.25, 0.3) is 0 Å². The molecule has 0 amide bonds. The standard InChI is InChI=1S/C15H26N4/c1-4-19-14(9-12(2)17-19)10-18-8-7-16-11-15(18,3)13-5-6-13/h9,13,16H,4-8,10-11H2,1-3H3. The number of nitrogens with one attached hydrogen (secondary N) is 1. The lowest BCUT2D eigenvalue weighted by Crippen LogP contribution is -2.60. The molecule has 4 nitrogen and oxygen atoms in total. The molecule has 3 rings (SSSR count). The van der Waals surface area contributed by atoms with Crippen molar-refractivity contribution < 1.29 is 0 Å². The summed E-state index contributed by atoms with van der Waals surface area (Å²) in [6.07, 6.45) is 2.81. The van der Waals surface area contributed by atoms with Crippen LogP contribution in [-0.4, -0.2) is 39.9 Å². The van der Waals surface area contributed by atoms with Gasteiger partial charge in [-0.25, -0.2) is 0 Å². The Morgan fingerprint density at radius 2 is 2.26 bits per heavy atom. The molecule has 1 N–H and O–H groups in total. The van der Waals surface area contributed by atoms with Crippen LogP contribution in [0.1, 0.15) is 38.1 Å². The van der Waals surface area contributed by atoms with Crippen molar-refractivity contribution in [1.82, 2.24) is 20.0 Å². The fourth-order valence-corrected chi connectivity index (χ4v) is 3.49. The molecule has 1 aromatic rings. The van der Waals surface area contributed by atoms with Crippen molar-refractivity contribution in [2.75, 3.05) is 19.6 Å². The normalized spacial score (nSPS) is 28.8. The lowest BCUT2D eigenvalue weighted by Gasteiger charge is -2.46. The van der Waals surface area contributed by atoms with Crippen LogP contribution in [-0.2, 0) is 13.1 Å². The molecule has 1 unspecified atom stereocenters. The minimum atomic E-state index is 0.342. The number of piperazine rings is 1. The van der Waals surface area contributed by atoms with Crippen LogP contribution in [0.3, 0.4) is 0 Å². The highest BCUT2D eigenvalue weighted by atomic mass is 15.3. The molecule has 1 aromatic heterocycles. The summed E-state index contributed by atoms with van der Waals surface area (Å²) in [5, 5.41) is 8.16. The molecular weight excluding hydrogens is 236 g/mol. The smallest absolute Gasteiger partial charge is 0.0597 e. The maximum Gasteiger partial charge on any atom is 0.0597 e. The van der Waals surface area contributed by atoms with Gasteiger partial charge in [0, 0.05) is 38.3 Å². The van der Waals surface area contributed by atoms with Crippen LogP contribution < -0.4 is 5.32 Å². The zero-order valence-electron chi connectivity index (χ0n) is 12.4. The molecule has 1 atom stereocenters.